The van der Waals surface area contributed by atoms with Crippen LogP contribution in [0.2, 0.25) is 0 Å². The Hall–Kier alpha value is -1.47. The largest absolute Gasteiger partial charge is 0.392 e. The minimum atomic E-state index is -0.516. The second kappa shape index (κ2) is 7.30. The molecule has 0 aromatic carbocycles. The summed E-state index contributed by atoms with van der Waals surface area (Å²) in [6.07, 6.45) is 6.37. The number of thiazole rings is 1. The number of fused-ring (bicyclic) bond motifs is 2. The molecule has 164 valence electrons. The number of hydrogen-bond donors (Lipinski definition) is 3. The van der Waals surface area contributed by atoms with E-state index in [0.717, 1.165) is 50.6 Å². The minimum absolute atomic E-state index is 0.000668. The summed E-state index contributed by atoms with van der Waals surface area (Å²) in [5.41, 5.74) is 1.03. The van der Waals surface area contributed by atoms with Gasteiger partial charge in [0.25, 0.3) is 0 Å². The van der Waals surface area contributed by atoms with Gasteiger partial charge in [-0.15, -0.1) is 11.3 Å². The van der Waals surface area contributed by atoms with Gasteiger partial charge in [0.05, 0.1) is 11.8 Å². The number of rotatable bonds is 5. The molecule has 0 aliphatic heterocycles. The van der Waals surface area contributed by atoms with Crippen LogP contribution in [0.1, 0.15) is 75.8 Å². The predicted octanol–water partition coefficient (Wildman–Crippen LogP) is 3.46. The van der Waals surface area contributed by atoms with Gasteiger partial charge in [0, 0.05) is 28.7 Å². The number of carbonyl (C=O) groups is 2. The number of aliphatic hydroxyl groups excluding tert-OH is 1. The first-order valence-corrected chi connectivity index (χ1v) is 12.4. The van der Waals surface area contributed by atoms with Gasteiger partial charge in [0.1, 0.15) is 0 Å². The Morgan fingerprint density at radius 2 is 1.97 bits per heavy atom. The SMILES string of the molecule is C[C@H](C(=O)NC1CC1)[C@@H]1CC[C@]2(C)Cc3sc(NC(=O)C4CC4)nc3[C@H](C)[C@@H]2[C@H]1O. The number of nitrogens with one attached hydrogen (secondary N) is 2. The van der Waals surface area contributed by atoms with Gasteiger partial charge in [-0.2, -0.15) is 0 Å². The van der Waals surface area contributed by atoms with Gasteiger partial charge in [-0.1, -0.05) is 20.8 Å². The maximum Gasteiger partial charge on any atom is 0.229 e. The fraction of sp³-hybridized carbons (Fsp3) is 0.783. The number of anilines is 1. The summed E-state index contributed by atoms with van der Waals surface area (Å²) < 4.78 is 0. The molecule has 6 nitrogen and oxygen atoms in total. The van der Waals surface area contributed by atoms with Crippen molar-refractivity contribution in [1.29, 1.82) is 0 Å². The third-order valence-corrected chi connectivity index (χ3v) is 9.07. The second-order valence-corrected chi connectivity index (χ2v) is 11.6. The Labute approximate surface area is 182 Å². The summed E-state index contributed by atoms with van der Waals surface area (Å²) in [5, 5.41) is 18.3. The Kier molecular flexibility index (Phi) is 4.97. The molecule has 7 heteroatoms. The summed E-state index contributed by atoms with van der Waals surface area (Å²) in [6, 6.07) is 0.349. The molecule has 0 unspecified atom stereocenters. The van der Waals surface area contributed by atoms with Crippen molar-refractivity contribution in [3.05, 3.63) is 10.6 Å². The molecule has 1 aromatic rings. The molecule has 3 fully saturated rings. The van der Waals surface area contributed by atoms with Crippen molar-refractivity contribution < 1.29 is 14.7 Å². The lowest BCUT2D eigenvalue weighted by Crippen LogP contribution is -2.53. The number of amides is 2. The standard InChI is InChI=1S/C23H33N3O3S/c1-11(20(28)24-14-6-7-14)15-8-9-23(3)10-16-18(12(2)17(23)19(15)27)25-22(30-16)26-21(29)13-4-5-13/h11-15,17,19,27H,4-10H2,1-3H3,(H,24,28)(H,25,26,29)/t11-,12+,15-,17+,19-,23+/m0/s1. The third-order valence-electron chi connectivity index (χ3n) is 8.08. The highest BCUT2D eigenvalue weighted by molar-refractivity contribution is 7.15. The van der Waals surface area contributed by atoms with Crippen LogP contribution in [-0.2, 0) is 16.0 Å². The van der Waals surface area contributed by atoms with Gasteiger partial charge in [-0.25, -0.2) is 4.98 Å². The van der Waals surface area contributed by atoms with Gasteiger partial charge in [0.15, 0.2) is 5.13 Å². The molecule has 0 radical (unpaired) electrons. The molecule has 3 N–H and O–H groups in total. The molecule has 30 heavy (non-hydrogen) atoms. The van der Waals surface area contributed by atoms with Crippen molar-refractivity contribution in [2.24, 2.45) is 29.1 Å². The van der Waals surface area contributed by atoms with E-state index in [1.165, 1.54) is 4.88 Å². The molecular formula is C23H33N3O3S. The van der Waals surface area contributed by atoms with Crippen LogP contribution in [0.15, 0.2) is 0 Å². The van der Waals surface area contributed by atoms with E-state index in [1.54, 1.807) is 11.3 Å². The van der Waals surface area contributed by atoms with Crippen molar-refractivity contribution in [3.63, 3.8) is 0 Å². The summed E-state index contributed by atoms with van der Waals surface area (Å²) in [4.78, 5) is 30.9. The average Bonchev–Trinajstić information content (AvgIpc) is 3.60. The first-order chi connectivity index (χ1) is 14.3. The number of nitrogens with zero attached hydrogens (tertiary/aromatic N) is 1. The highest BCUT2D eigenvalue weighted by Gasteiger charge is 2.54. The number of aromatic nitrogens is 1. The van der Waals surface area contributed by atoms with E-state index in [4.69, 9.17) is 4.98 Å². The third kappa shape index (κ3) is 3.58. The quantitative estimate of drug-likeness (QED) is 0.666. The molecule has 3 saturated carbocycles. The van der Waals surface area contributed by atoms with Gasteiger partial charge < -0.3 is 15.7 Å². The zero-order valence-corrected chi connectivity index (χ0v) is 18.9. The monoisotopic (exact) mass is 431 g/mol. The first-order valence-electron chi connectivity index (χ1n) is 11.6. The van der Waals surface area contributed by atoms with Crippen molar-refractivity contribution in [3.8, 4) is 0 Å². The summed E-state index contributed by atoms with van der Waals surface area (Å²) in [6.45, 7) is 6.42. The molecule has 0 spiro atoms. The van der Waals surface area contributed by atoms with E-state index >= 15 is 0 Å². The van der Waals surface area contributed by atoms with Crippen LogP contribution in [0.4, 0.5) is 5.13 Å². The fourth-order valence-electron chi connectivity index (χ4n) is 5.91. The lowest BCUT2D eigenvalue weighted by molar-refractivity contribution is -0.134. The Bertz CT molecular complexity index is 862. The van der Waals surface area contributed by atoms with E-state index < -0.39 is 6.10 Å². The highest BCUT2D eigenvalue weighted by atomic mass is 32.1. The Morgan fingerprint density at radius 3 is 2.63 bits per heavy atom. The summed E-state index contributed by atoms with van der Waals surface area (Å²) in [7, 11) is 0. The predicted molar refractivity (Wildman–Crippen MR) is 116 cm³/mol. The topological polar surface area (TPSA) is 91.3 Å². The number of hydrogen-bond acceptors (Lipinski definition) is 5. The van der Waals surface area contributed by atoms with Crippen LogP contribution >= 0.6 is 11.3 Å². The lowest BCUT2D eigenvalue weighted by atomic mass is 9.53. The molecule has 0 bridgehead atoms. The fourth-order valence-corrected chi connectivity index (χ4v) is 7.17. The maximum absolute atomic E-state index is 12.7. The van der Waals surface area contributed by atoms with Crippen LogP contribution in [-0.4, -0.2) is 34.1 Å². The van der Waals surface area contributed by atoms with Crippen molar-refractivity contribution in [2.45, 2.75) is 83.8 Å². The Balaban J connectivity index is 1.35. The van der Waals surface area contributed by atoms with E-state index in [9.17, 15) is 14.7 Å². The first kappa shape index (κ1) is 20.4. The summed E-state index contributed by atoms with van der Waals surface area (Å²) in [5.74, 6) is 0.337. The van der Waals surface area contributed by atoms with Gasteiger partial charge in [-0.3, -0.25) is 9.59 Å². The zero-order valence-electron chi connectivity index (χ0n) is 18.1. The second-order valence-electron chi connectivity index (χ2n) is 10.5. The maximum atomic E-state index is 12.7. The molecule has 0 saturated heterocycles. The molecule has 4 aliphatic carbocycles. The highest BCUT2D eigenvalue weighted by Crippen LogP contribution is 2.57. The summed E-state index contributed by atoms with van der Waals surface area (Å²) >= 11 is 1.61. The van der Waals surface area contributed by atoms with Crippen molar-refractivity contribution in [1.82, 2.24) is 10.3 Å². The number of aliphatic hydroxyl groups is 1. The zero-order chi connectivity index (χ0) is 21.2. The van der Waals surface area contributed by atoms with Gasteiger partial charge in [0.2, 0.25) is 11.8 Å². The minimum Gasteiger partial charge on any atom is -0.392 e. The van der Waals surface area contributed by atoms with E-state index in [2.05, 4.69) is 24.5 Å². The van der Waals surface area contributed by atoms with E-state index in [0.29, 0.717) is 11.2 Å². The van der Waals surface area contributed by atoms with E-state index in [-0.39, 0.29) is 46.8 Å². The molecule has 1 aromatic heterocycles. The molecule has 4 aliphatic rings. The molecular weight excluding hydrogens is 398 g/mol. The van der Waals surface area contributed by atoms with Crippen LogP contribution in [0.3, 0.4) is 0 Å². The van der Waals surface area contributed by atoms with E-state index in [1.807, 2.05) is 6.92 Å². The average molecular weight is 432 g/mol. The molecule has 1 heterocycles. The molecule has 2 amide bonds. The number of carbonyl (C=O) groups excluding carboxylic acids is 2. The van der Waals surface area contributed by atoms with Crippen LogP contribution in [0.5, 0.6) is 0 Å². The van der Waals surface area contributed by atoms with Crippen LogP contribution in [0.25, 0.3) is 0 Å². The van der Waals surface area contributed by atoms with Crippen molar-refractivity contribution >= 4 is 28.3 Å². The smallest absolute Gasteiger partial charge is 0.229 e. The van der Waals surface area contributed by atoms with Crippen molar-refractivity contribution in [2.75, 3.05) is 5.32 Å². The molecule has 6 atom stereocenters. The lowest BCUT2D eigenvalue weighted by Gasteiger charge is -2.53. The van der Waals surface area contributed by atoms with Gasteiger partial charge >= 0.3 is 0 Å². The van der Waals surface area contributed by atoms with Gasteiger partial charge in [-0.05, 0) is 62.2 Å². The van der Waals surface area contributed by atoms with Crippen LogP contribution < -0.4 is 10.6 Å². The van der Waals surface area contributed by atoms with Crippen LogP contribution in [0, 0.1) is 29.1 Å². The normalized spacial score (nSPS) is 36.4. The Morgan fingerprint density at radius 1 is 1.23 bits per heavy atom. The molecule has 5 rings (SSSR count).